The Hall–Kier alpha value is -0.560. The molecule has 9 rings (SSSR count). The van der Waals surface area contributed by atoms with Crippen molar-refractivity contribution < 1.29 is 9.53 Å². The molecule has 5 aliphatic heterocycles. The Morgan fingerprint density at radius 3 is 1.05 bits per heavy atom. The summed E-state index contributed by atoms with van der Waals surface area (Å²) in [7, 11) is 0. The maximum Gasteiger partial charge on any atom is 0.404 e. The minimum absolute atomic E-state index is 0.0553. The molecule has 0 aromatic carbocycles. The fraction of sp³-hybridized carbons (Fsp3) is 0.970. The Balaban J connectivity index is 1.06. The van der Waals surface area contributed by atoms with Crippen LogP contribution in [0, 0.1) is 47.3 Å². The molecule has 11 heteroatoms. The van der Waals surface area contributed by atoms with Crippen LogP contribution in [0.4, 0.5) is 4.79 Å². The van der Waals surface area contributed by atoms with E-state index < -0.39 is 5.43 Å². The van der Waals surface area contributed by atoms with Gasteiger partial charge in [0.2, 0.25) is 0 Å². The molecule has 17 atom stereocenters. The standard InChI is InChI=1S/C33H55ClN8O2/c34-33(43)44-23-15-7-14-22-24(23)32-41-30-21-13-6-5-12-20(21)28(39-30)37-26-17-9-2-1-8-16(17)25(35-26)36-27-18-10-3-4-11-19(18)29(38-27)40-31(22)42-32/h16-32,35-42H,1-15H2. The van der Waals surface area contributed by atoms with E-state index in [0.717, 1.165) is 19.3 Å². The predicted molar refractivity (Wildman–Crippen MR) is 169 cm³/mol. The molecule has 10 nitrogen and oxygen atoms in total. The summed E-state index contributed by atoms with van der Waals surface area (Å²) < 4.78 is 5.85. The van der Waals surface area contributed by atoms with Gasteiger partial charge in [-0.15, -0.1) is 0 Å². The average molecular weight is 631 g/mol. The molecule has 44 heavy (non-hydrogen) atoms. The summed E-state index contributed by atoms with van der Waals surface area (Å²) in [4.78, 5) is 12.1. The first kappa shape index (κ1) is 29.6. The van der Waals surface area contributed by atoms with Gasteiger partial charge in [0.25, 0.3) is 0 Å². The van der Waals surface area contributed by atoms with E-state index in [-0.39, 0.29) is 36.7 Å². The van der Waals surface area contributed by atoms with Crippen molar-refractivity contribution in [2.24, 2.45) is 47.3 Å². The van der Waals surface area contributed by atoms with Crippen LogP contribution in [0.1, 0.15) is 96.3 Å². The van der Waals surface area contributed by atoms with E-state index in [0.29, 0.717) is 66.1 Å². The highest BCUT2D eigenvalue weighted by Gasteiger charge is 2.56. The molecule has 0 spiro atoms. The Kier molecular flexibility index (Phi) is 8.17. The minimum atomic E-state index is -0.667. The number of hydrogen-bond donors (Lipinski definition) is 8. The first-order chi connectivity index (χ1) is 21.6. The molecule has 17 unspecified atom stereocenters. The van der Waals surface area contributed by atoms with E-state index in [1.807, 2.05) is 0 Å². The van der Waals surface area contributed by atoms with Crippen LogP contribution < -0.4 is 42.5 Å². The molecule has 0 radical (unpaired) electrons. The Morgan fingerprint density at radius 2 is 0.705 bits per heavy atom. The first-order valence-electron chi connectivity index (χ1n) is 18.6. The lowest BCUT2D eigenvalue weighted by atomic mass is 9.75. The molecule has 5 heterocycles. The molecule has 0 aromatic rings. The molecule has 4 aliphatic carbocycles. The van der Waals surface area contributed by atoms with E-state index in [4.69, 9.17) is 16.3 Å². The Morgan fingerprint density at radius 1 is 0.409 bits per heavy atom. The Labute approximate surface area is 267 Å². The molecule has 246 valence electrons. The van der Waals surface area contributed by atoms with Crippen LogP contribution in [-0.2, 0) is 4.74 Å². The number of carbonyl (C=O) groups excluding carboxylic acids is 1. The number of carbonyl (C=O) groups is 1. The van der Waals surface area contributed by atoms with Gasteiger partial charge in [-0.1, -0.05) is 38.5 Å². The number of rotatable bonds is 1. The summed E-state index contributed by atoms with van der Waals surface area (Å²) in [6, 6.07) is 0. The second kappa shape index (κ2) is 12.2. The van der Waals surface area contributed by atoms with Gasteiger partial charge in [-0.05, 0) is 99.2 Å². The number of hydrogen-bond acceptors (Lipinski definition) is 10. The molecule has 9 aliphatic rings. The van der Waals surface area contributed by atoms with Gasteiger partial charge in [0, 0.05) is 17.5 Å². The summed E-state index contributed by atoms with van der Waals surface area (Å²) in [5, 5.41) is 33.2. The summed E-state index contributed by atoms with van der Waals surface area (Å²) in [6.07, 6.45) is 20.7. The zero-order chi connectivity index (χ0) is 29.4. The van der Waals surface area contributed by atoms with Gasteiger partial charge in [0.1, 0.15) is 6.10 Å². The van der Waals surface area contributed by atoms with Gasteiger partial charge >= 0.3 is 5.43 Å². The first-order valence-corrected chi connectivity index (χ1v) is 18.9. The maximum atomic E-state index is 12.1. The van der Waals surface area contributed by atoms with Crippen LogP contribution in [0.5, 0.6) is 0 Å². The number of halogens is 1. The highest BCUT2D eigenvalue weighted by molar-refractivity contribution is 6.61. The molecule has 8 bridgehead atoms. The van der Waals surface area contributed by atoms with Crippen LogP contribution >= 0.6 is 11.6 Å². The second-order valence-corrected chi connectivity index (χ2v) is 16.4. The van der Waals surface area contributed by atoms with Gasteiger partial charge in [-0.3, -0.25) is 42.5 Å². The maximum absolute atomic E-state index is 12.1. The molecule has 0 aromatic heterocycles. The molecular formula is C33H55ClN8O2. The van der Waals surface area contributed by atoms with Crippen molar-refractivity contribution in [3.05, 3.63) is 0 Å². The summed E-state index contributed by atoms with van der Waals surface area (Å²) in [5.41, 5.74) is -0.667. The minimum Gasteiger partial charge on any atom is -0.450 e. The fourth-order valence-electron chi connectivity index (χ4n) is 12.3. The lowest BCUT2D eigenvalue weighted by Crippen LogP contribution is -2.62. The van der Waals surface area contributed by atoms with Crippen LogP contribution in [0.15, 0.2) is 0 Å². The second-order valence-electron chi connectivity index (χ2n) is 16.1. The Bertz CT molecular complexity index is 1070. The topological polar surface area (TPSA) is 123 Å². The lowest BCUT2D eigenvalue weighted by molar-refractivity contribution is 0.0165. The van der Waals surface area contributed by atoms with Gasteiger partial charge in [0.05, 0.1) is 49.3 Å². The summed E-state index contributed by atoms with van der Waals surface area (Å²) in [6.45, 7) is 0. The zero-order valence-corrected chi connectivity index (χ0v) is 26.9. The van der Waals surface area contributed by atoms with Crippen LogP contribution in [0.25, 0.3) is 0 Å². The largest absolute Gasteiger partial charge is 0.450 e. The molecule has 9 fully saturated rings. The monoisotopic (exact) mass is 630 g/mol. The molecule has 8 N–H and O–H groups in total. The smallest absolute Gasteiger partial charge is 0.404 e. The van der Waals surface area contributed by atoms with E-state index in [2.05, 4.69) is 42.5 Å². The van der Waals surface area contributed by atoms with Crippen molar-refractivity contribution >= 4 is 17.0 Å². The highest BCUT2D eigenvalue weighted by atomic mass is 35.5. The zero-order valence-electron chi connectivity index (χ0n) is 26.1. The number of ether oxygens (including phenoxy) is 1. The quantitative estimate of drug-likeness (QED) is 0.205. The number of fused-ring (bicyclic) bond motifs is 20. The SMILES string of the molecule is O=C(Cl)OC1CCCC2C3NC4NC(NC5NC(NC6NC(NC(N3)C12)C1CCCCC61)C1CCCCC51)C1CCCCC41. The summed E-state index contributed by atoms with van der Waals surface area (Å²) in [5.74, 6) is 4.44. The molecule has 4 saturated carbocycles. The molecule has 5 saturated heterocycles. The lowest BCUT2D eigenvalue weighted by Gasteiger charge is -2.38. The van der Waals surface area contributed by atoms with Crippen molar-refractivity contribution in [1.29, 1.82) is 0 Å². The van der Waals surface area contributed by atoms with Gasteiger partial charge < -0.3 is 4.74 Å². The van der Waals surface area contributed by atoms with Crippen molar-refractivity contribution in [2.75, 3.05) is 0 Å². The van der Waals surface area contributed by atoms with E-state index in [1.54, 1.807) is 0 Å². The summed E-state index contributed by atoms with van der Waals surface area (Å²) >= 11 is 5.87. The predicted octanol–water partition coefficient (Wildman–Crippen LogP) is 2.96. The van der Waals surface area contributed by atoms with Crippen molar-refractivity contribution in [3.63, 3.8) is 0 Å². The van der Waals surface area contributed by atoms with Gasteiger partial charge in [-0.25, -0.2) is 4.79 Å². The average Bonchev–Trinajstić information content (AvgIpc) is 3.77. The van der Waals surface area contributed by atoms with Crippen molar-refractivity contribution in [2.45, 2.75) is 152 Å². The van der Waals surface area contributed by atoms with Crippen LogP contribution in [0.3, 0.4) is 0 Å². The third kappa shape index (κ3) is 5.17. The highest BCUT2D eigenvalue weighted by Crippen LogP contribution is 2.46. The van der Waals surface area contributed by atoms with E-state index >= 15 is 0 Å². The van der Waals surface area contributed by atoms with Crippen LogP contribution in [0.2, 0.25) is 0 Å². The molecule has 0 amide bonds. The molecular weight excluding hydrogens is 576 g/mol. The van der Waals surface area contributed by atoms with E-state index in [1.165, 1.54) is 77.0 Å². The number of nitrogens with one attached hydrogen (secondary N) is 8. The van der Waals surface area contributed by atoms with Crippen molar-refractivity contribution in [1.82, 2.24) is 42.5 Å². The third-order valence-electron chi connectivity index (χ3n) is 14.1. The fourth-order valence-corrected chi connectivity index (χ4v) is 12.4. The van der Waals surface area contributed by atoms with Gasteiger partial charge in [0.15, 0.2) is 0 Å². The van der Waals surface area contributed by atoms with Gasteiger partial charge in [-0.2, -0.15) is 0 Å². The normalized spacial score (nSPS) is 55.0. The third-order valence-corrected chi connectivity index (χ3v) is 14.2. The van der Waals surface area contributed by atoms with E-state index in [9.17, 15) is 4.79 Å². The van der Waals surface area contributed by atoms with Crippen molar-refractivity contribution in [3.8, 4) is 0 Å². The van der Waals surface area contributed by atoms with Crippen LogP contribution in [-0.4, -0.2) is 60.9 Å².